The first kappa shape index (κ1) is 23.2. The lowest BCUT2D eigenvalue weighted by molar-refractivity contribution is -0.139. The van der Waals surface area contributed by atoms with Gasteiger partial charge in [0.2, 0.25) is 17.7 Å². The summed E-state index contributed by atoms with van der Waals surface area (Å²) >= 11 is 0. The van der Waals surface area contributed by atoms with Gasteiger partial charge in [0, 0.05) is 25.9 Å². The fourth-order valence-electron chi connectivity index (χ4n) is 3.35. The molecule has 1 fully saturated rings. The van der Waals surface area contributed by atoms with Crippen LogP contribution in [0.1, 0.15) is 44.6 Å². The second-order valence-corrected chi connectivity index (χ2v) is 7.15. The van der Waals surface area contributed by atoms with Gasteiger partial charge in [-0.15, -0.1) is 0 Å². The summed E-state index contributed by atoms with van der Waals surface area (Å²) in [6.45, 7) is 2.36. The van der Waals surface area contributed by atoms with Crippen LogP contribution in [0.25, 0.3) is 0 Å². The van der Waals surface area contributed by atoms with Crippen LogP contribution in [0.2, 0.25) is 0 Å². The number of carbonyl (C=O) groups excluding carboxylic acids is 4. The molecule has 8 nitrogen and oxygen atoms in total. The SMILES string of the molecule is CCC(=O)N1CCC[C@H]1C(=O)N[C@@H](CCC(=O)C=N)C(=O)NCc1ccc(F)cc1. The molecule has 1 heterocycles. The van der Waals surface area contributed by atoms with Crippen molar-refractivity contribution in [3.8, 4) is 0 Å². The fraction of sp³-hybridized carbons (Fsp3) is 0.476. The summed E-state index contributed by atoms with van der Waals surface area (Å²) in [6, 6.07) is 4.01. The van der Waals surface area contributed by atoms with Crippen molar-refractivity contribution in [2.45, 2.75) is 57.7 Å². The molecule has 162 valence electrons. The number of nitrogens with one attached hydrogen (secondary N) is 3. The zero-order valence-corrected chi connectivity index (χ0v) is 16.9. The van der Waals surface area contributed by atoms with Crippen molar-refractivity contribution >= 4 is 29.7 Å². The number of likely N-dealkylation sites (tertiary alicyclic amines) is 1. The van der Waals surface area contributed by atoms with E-state index in [4.69, 9.17) is 5.41 Å². The first-order chi connectivity index (χ1) is 14.3. The fourth-order valence-corrected chi connectivity index (χ4v) is 3.35. The number of Topliss-reactive ketones (excluding diaryl/α,β-unsaturated/α-hetero) is 1. The summed E-state index contributed by atoms with van der Waals surface area (Å²) < 4.78 is 13.0. The van der Waals surface area contributed by atoms with Crippen LogP contribution in [0.15, 0.2) is 24.3 Å². The Morgan fingerprint density at radius 2 is 1.97 bits per heavy atom. The molecule has 1 aliphatic rings. The van der Waals surface area contributed by atoms with Gasteiger partial charge in [-0.1, -0.05) is 19.1 Å². The Hall–Kier alpha value is -3.10. The minimum Gasteiger partial charge on any atom is -0.350 e. The molecule has 0 aliphatic carbocycles. The summed E-state index contributed by atoms with van der Waals surface area (Å²) in [7, 11) is 0. The number of ketones is 1. The highest BCUT2D eigenvalue weighted by Gasteiger charge is 2.35. The zero-order valence-electron chi connectivity index (χ0n) is 16.9. The van der Waals surface area contributed by atoms with Gasteiger partial charge in [0.25, 0.3) is 0 Å². The molecule has 0 bridgehead atoms. The molecule has 3 amide bonds. The van der Waals surface area contributed by atoms with E-state index >= 15 is 0 Å². The molecule has 2 atom stereocenters. The molecular formula is C21H27FN4O4. The Balaban J connectivity index is 2.03. The molecule has 0 saturated carbocycles. The number of hydrogen-bond donors (Lipinski definition) is 3. The van der Waals surface area contributed by atoms with E-state index in [-0.39, 0.29) is 31.1 Å². The molecule has 1 aromatic rings. The third-order valence-electron chi connectivity index (χ3n) is 5.03. The lowest BCUT2D eigenvalue weighted by Crippen LogP contribution is -2.53. The molecule has 0 unspecified atom stereocenters. The van der Waals surface area contributed by atoms with Crippen LogP contribution in [0.3, 0.4) is 0 Å². The Bertz CT molecular complexity index is 797. The third kappa shape index (κ3) is 6.47. The van der Waals surface area contributed by atoms with Crippen molar-refractivity contribution in [3.63, 3.8) is 0 Å². The minimum atomic E-state index is -0.985. The van der Waals surface area contributed by atoms with E-state index in [0.29, 0.717) is 37.6 Å². The van der Waals surface area contributed by atoms with Crippen molar-refractivity contribution in [3.05, 3.63) is 35.6 Å². The molecule has 30 heavy (non-hydrogen) atoms. The average molecular weight is 418 g/mol. The van der Waals surface area contributed by atoms with Gasteiger partial charge in [0.05, 0.1) is 6.21 Å². The minimum absolute atomic E-state index is 0.0314. The maximum absolute atomic E-state index is 13.0. The summed E-state index contributed by atoms with van der Waals surface area (Å²) in [4.78, 5) is 50.5. The lowest BCUT2D eigenvalue weighted by atomic mass is 10.1. The number of hydrogen-bond acceptors (Lipinski definition) is 5. The van der Waals surface area contributed by atoms with Gasteiger partial charge in [-0.3, -0.25) is 19.2 Å². The van der Waals surface area contributed by atoms with Gasteiger partial charge >= 0.3 is 0 Å². The number of halogens is 1. The van der Waals surface area contributed by atoms with Gasteiger partial charge in [0.1, 0.15) is 17.9 Å². The molecule has 3 N–H and O–H groups in total. The molecule has 0 radical (unpaired) electrons. The van der Waals surface area contributed by atoms with Gasteiger partial charge in [0.15, 0.2) is 5.78 Å². The second-order valence-electron chi connectivity index (χ2n) is 7.15. The van der Waals surface area contributed by atoms with Crippen LogP contribution in [0.4, 0.5) is 4.39 Å². The third-order valence-corrected chi connectivity index (χ3v) is 5.03. The Morgan fingerprint density at radius 3 is 2.60 bits per heavy atom. The Kier molecular flexibility index (Phi) is 8.64. The normalized spacial score (nSPS) is 16.6. The monoisotopic (exact) mass is 418 g/mol. The lowest BCUT2D eigenvalue weighted by Gasteiger charge is -2.26. The topological polar surface area (TPSA) is 119 Å². The van der Waals surface area contributed by atoms with Crippen LogP contribution in [-0.4, -0.2) is 53.2 Å². The largest absolute Gasteiger partial charge is 0.350 e. The van der Waals surface area contributed by atoms with E-state index in [0.717, 1.165) is 0 Å². The van der Waals surface area contributed by atoms with E-state index in [9.17, 15) is 23.6 Å². The van der Waals surface area contributed by atoms with E-state index in [1.165, 1.54) is 29.2 Å². The van der Waals surface area contributed by atoms with Crippen molar-refractivity contribution in [2.24, 2.45) is 0 Å². The van der Waals surface area contributed by atoms with Gasteiger partial charge in [-0.05, 0) is 37.0 Å². The molecule has 0 aromatic heterocycles. The number of amides is 3. The molecular weight excluding hydrogens is 391 g/mol. The summed E-state index contributed by atoms with van der Waals surface area (Å²) in [5.74, 6) is -1.88. The summed E-state index contributed by atoms with van der Waals surface area (Å²) in [6.07, 6.45) is 2.15. The van der Waals surface area contributed by atoms with E-state index in [2.05, 4.69) is 10.6 Å². The highest BCUT2D eigenvalue weighted by molar-refractivity contribution is 6.26. The number of benzene rings is 1. The van der Waals surface area contributed by atoms with Crippen molar-refractivity contribution in [1.29, 1.82) is 5.41 Å². The molecule has 9 heteroatoms. The number of nitrogens with zero attached hydrogens (tertiary/aromatic N) is 1. The predicted molar refractivity (Wildman–Crippen MR) is 108 cm³/mol. The second kappa shape index (κ2) is 11.2. The van der Waals surface area contributed by atoms with Gasteiger partial charge in [-0.2, -0.15) is 0 Å². The average Bonchev–Trinajstić information content (AvgIpc) is 3.25. The van der Waals surface area contributed by atoms with Gasteiger partial charge in [-0.25, -0.2) is 4.39 Å². The molecule has 1 aliphatic heterocycles. The van der Waals surface area contributed by atoms with Crippen LogP contribution >= 0.6 is 0 Å². The van der Waals surface area contributed by atoms with Crippen LogP contribution < -0.4 is 10.6 Å². The van der Waals surface area contributed by atoms with Gasteiger partial charge < -0.3 is 20.9 Å². The molecule has 0 spiro atoms. The molecule has 1 aromatic carbocycles. The zero-order chi connectivity index (χ0) is 22.1. The van der Waals surface area contributed by atoms with Crippen molar-refractivity contribution < 1.29 is 23.6 Å². The van der Waals surface area contributed by atoms with Crippen LogP contribution in [-0.2, 0) is 25.7 Å². The standard InChI is InChI=1S/C21H27FN4O4/c1-2-19(28)26-11-3-4-18(26)21(30)25-17(10-9-16(27)12-23)20(29)24-13-14-5-7-15(22)8-6-14/h5-8,12,17-18,23H,2-4,9-11,13H2,1H3,(H,24,29)(H,25,30)/t17-,18-/m0/s1. The van der Waals surface area contributed by atoms with Crippen molar-refractivity contribution in [2.75, 3.05) is 6.54 Å². The van der Waals surface area contributed by atoms with E-state index in [1.807, 2.05) is 0 Å². The van der Waals surface area contributed by atoms with E-state index < -0.39 is 29.7 Å². The smallest absolute Gasteiger partial charge is 0.243 e. The first-order valence-corrected chi connectivity index (χ1v) is 10.0. The quantitative estimate of drug-likeness (QED) is 0.497. The Morgan fingerprint density at radius 1 is 1.27 bits per heavy atom. The van der Waals surface area contributed by atoms with Crippen LogP contribution in [0, 0.1) is 11.2 Å². The highest BCUT2D eigenvalue weighted by atomic mass is 19.1. The van der Waals surface area contributed by atoms with Crippen molar-refractivity contribution in [1.82, 2.24) is 15.5 Å². The maximum atomic E-state index is 13.0. The molecule has 1 saturated heterocycles. The Labute approximate surface area is 174 Å². The summed E-state index contributed by atoms with van der Waals surface area (Å²) in [5, 5.41) is 12.3. The van der Waals surface area contributed by atoms with E-state index in [1.54, 1.807) is 6.92 Å². The number of carbonyl (C=O) groups is 4. The van der Waals surface area contributed by atoms with Crippen LogP contribution in [0.5, 0.6) is 0 Å². The highest BCUT2D eigenvalue weighted by Crippen LogP contribution is 2.19. The summed E-state index contributed by atoms with van der Waals surface area (Å²) in [5.41, 5.74) is 0.681. The number of rotatable bonds is 10. The predicted octanol–water partition coefficient (Wildman–Crippen LogP) is 1.33. The maximum Gasteiger partial charge on any atom is 0.243 e. The first-order valence-electron chi connectivity index (χ1n) is 10.0. The molecule has 2 rings (SSSR count).